The van der Waals surface area contributed by atoms with Crippen LogP contribution < -0.4 is 5.32 Å². The molecule has 1 unspecified atom stereocenters. The van der Waals surface area contributed by atoms with Crippen LogP contribution in [0.15, 0.2) is 24.3 Å². The standard InChI is InChI=1S/C16H22F3NO3/c1-11(2)10-23-8-7-15(22)20-9-14(21)12-5-3-4-6-13(12)16(17,18)19/h3-6,11,14,21H,7-10H2,1-2H3,(H,20,22). The van der Waals surface area contributed by atoms with Crippen molar-refractivity contribution in [3.8, 4) is 0 Å². The van der Waals surface area contributed by atoms with Crippen LogP contribution in [-0.4, -0.2) is 30.8 Å². The number of amides is 1. The first kappa shape index (κ1) is 19.4. The van der Waals surface area contributed by atoms with Gasteiger partial charge in [0.25, 0.3) is 0 Å². The second kappa shape index (κ2) is 8.88. The van der Waals surface area contributed by atoms with Gasteiger partial charge in [-0.25, -0.2) is 0 Å². The van der Waals surface area contributed by atoms with Crippen LogP contribution in [0.1, 0.15) is 37.5 Å². The molecule has 0 aliphatic rings. The summed E-state index contributed by atoms with van der Waals surface area (Å²) in [5.74, 6) is -0.0175. The Balaban J connectivity index is 2.48. The lowest BCUT2D eigenvalue weighted by molar-refractivity contribution is -0.139. The van der Waals surface area contributed by atoms with Crippen molar-refractivity contribution in [2.45, 2.75) is 32.5 Å². The van der Waals surface area contributed by atoms with Crippen LogP contribution in [0.4, 0.5) is 13.2 Å². The number of hydrogen-bond acceptors (Lipinski definition) is 3. The molecule has 0 aliphatic carbocycles. The van der Waals surface area contributed by atoms with Gasteiger partial charge in [0, 0.05) is 19.6 Å². The Bertz CT molecular complexity index is 504. The van der Waals surface area contributed by atoms with Crippen molar-refractivity contribution in [3.63, 3.8) is 0 Å². The Morgan fingerprint density at radius 1 is 1.30 bits per heavy atom. The molecule has 0 saturated carbocycles. The Labute approximate surface area is 133 Å². The first-order valence-corrected chi connectivity index (χ1v) is 7.40. The van der Waals surface area contributed by atoms with Crippen molar-refractivity contribution in [3.05, 3.63) is 35.4 Å². The van der Waals surface area contributed by atoms with E-state index in [0.717, 1.165) is 6.07 Å². The highest BCUT2D eigenvalue weighted by atomic mass is 19.4. The number of carbonyl (C=O) groups is 1. The highest BCUT2D eigenvalue weighted by Gasteiger charge is 2.34. The van der Waals surface area contributed by atoms with Gasteiger partial charge in [-0.2, -0.15) is 13.2 Å². The minimum absolute atomic E-state index is 0.0976. The summed E-state index contributed by atoms with van der Waals surface area (Å²) in [5.41, 5.74) is -1.15. The van der Waals surface area contributed by atoms with E-state index in [1.165, 1.54) is 18.2 Å². The minimum Gasteiger partial charge on any atom is -0.387 e. The molecule has 0 aliphatic heterocycles. The predicted molar refractivity (Wildman–Crippen MR) is 79.7 cm³/mol. The fourth-order valence-corrected chi connectivity index (χ4v) is 1.94. The van der Waals surface area contributed by atoms with Crippen molar-refractivity contribution in [1.29, 1.82) is 0 Å². The number of benzene rings is 1. The molecule has 1 rings (SSSR count). The average molecular weight is 333 g/mol. The molecule has 7 heteroatoms. The normalized spacial score (nSPS) is 13.2. The number of alkyl halides is 3. The zero-order valence-corrected chi connectivity index (χ0v) is 13.2. The van der Waals surface area contributed by atoms with E-state index in [4.69, 9.17) is 4.74 Å². The van der Waals surface area contributed by atoms with Crippen molar-refractivity contribution in [2.75, 3.05) is 19.8 Å². The third-order valence-electron chi connectivity index (χ3n) is 3.04. The maximum Gasteiger partial charge on any atom is 0.416 e. The lowest BCUT2D eigenvalue weighted by atomic mass is 10.0. The van der Waals surface area contributed by atoms with E-state index in [1.54, 1.807) is 0 Å². The summed E-state index contributed by atoms with van der Waals surface area (Å²) in [7, 11) is 0. The summed E-state index contributed by atoms with van der Waals surface area (Å²) < 4.78 is 43.8. The Hall–Kier alpha value is -1.60. The van der Waals surface area contributed by atoms with E-state index in [2.05, 4.69) is 5.32 Å². The summed E-state index contributed by atoms with van der Waals surface area (Å²) in [6, 6.07) is 4.77. The molecule has 2 N–H and O–H groups in total. The van der Waals surface area contributed by atoms with E-state index < -0.39 is 17.8 Å². The van der Waals surface area contributed by atoms with Crippen LogP contribution in [0.5, 0.6) is 0 Å². The first-order valence-electron chi connectivity index (χ1n) is 7.40. The number of carbonyl (C=O) groups excluding carboxylic acids is 1. The van der Waals surface area contributed by atoms with E-state index in [0.29, 0.717) is 12.5 Å². The molecule has 0 spiro atoms. The third-order valence-corrected chi connectivity index (χ3v) is 3.04. The largest absolute Gasteiger partial charge is 0.416 e. The van der Waals surface area contributed by atoms with Crippen molar-refractivity contribution in [1.82, 2.24) is 5.32 Å². The molecule has 0 aromatic heterocycles. The summed E-state index contributed by atoms with van der Waals surface area (Å²) in [6.45, 7) is 4.45. The second-order valence-corrected chi connectivity index (χ2v) is 5.62. The molecule has 1 aromatic rings. The molecule has 1 amide bonds. The first-order chi connectivity index (χ1) is 10.7. The Morgan fingerprint density at radius 3 is 2.57 bits per heavy atom. The summed E-state index contributed by atoms with van der Waals surface area (Å²) in [6.07, 6.45) is -5.87. The van der Waals surface area contributed by atoms with Gasteiger partial charge in [-0.1, -0.05) is 32.0 Å². The summed E-state index contributed by atoms with van der Waals surface area (Å²) in [4.78, 5) is 11.6. The number of halogens is 3. The van der Waals surface area contributed by atoms with Crippen LogP contribution in [0.2, 0.25) is 0 Å². The molecule has 0 radical (unpaired) electrons. The highest BCUT2D eigenvalue weighted by Crippen LogP contribution is 2.34. The predicted octanol–water partition coefficient (Wildman–Crippen LogP) is 2.92. The fraction of sp³-hybridized carbons (Fsp3) is 0.562. The number of aliphatic hydroxyl groups excluding tert-OH is 1. The van der Waals surface area contributed by atoms with Crippen LogP contribution in [-0.2, 0) is 15.7 Å². The molecule has 0 saturated heterocycles. The van der Waals surface area contributed by atoms with E-state index >= 15 is 0 Å². The number of nitrogens with one attached hydrogen (secondary N) is 1. The lowest BCUT2D eigenvalue weighted by Gasteiger charge is -2.18. The number of ether oxygens (including phenoxy) is 1. The zero-order valence-electron chi connectivity index (χ0n) is 13.2. The number of aliphatic hydroxyl groups is 1. The van der Waals surface area contributed by atoms with Gasteiger partial charge >= 0.3 is 6.18 Å². The molecule has 4 nitrogen and oxygen atoms in total. The molecule has 1 atom stereocenters. The van der Waals surface area contributed by atoms with Gasteiger partial charge in [0.15, 0.2) is 0 Å². The van der Waals surface area contributed by atoms with E-state index in [1.807, 2.05) is 13.8 Å². The maximum atomic E-state index is 12.9. The van der Waals surface area contributed by atoms with Gasteiger partial charge in [-0.05, 0) is 17.5 Å². The van der Waals surface area contributed by atoms with Gasteiger partial charge in [0.05, 0.1) is 18.3 Å². The van der Waals surface area contributed by atoms with Crippen molar-refractivity contribution < 1.29 is 27.8 Å². The van der Waals surface area contributed by atoms with Crippen LogP contribution in [0.3, 0.4) is 0 Å². The fourth-order valence-electron chi connectivity index (χ4n) is 1.94. The van der Waals surface area contributed by atoms with Crippen LogP contribution in [0.25, 0.3) is 0 Å². The summed E-state index contributed by atoms with van der Waals surface area (Å²) >= 11 is 0. The van der Waals surface area contributed by atoms with E-state index in [9.17, 15) is 23.1 Å². The second-order valence-electron chi connectivity index (χ2n) is 5.62. The lowest BCUT2D eigenvalue weighted by Crippen LogP contribution is -2.30. The van der Waals surface area contributed by atoms with Gasteiger partial charge in [-0.3, -0.25) is 4.79 Å². The minimum atomic E-state index is -4.55. The quantitative estimate of drug-likeness (QED) is 0.719. The monoisotopic (exact) mass is 333 g/mol. The number of rotatable bonds is 8. The smallest absolute Gasteiger partial charge is 0.387 e. The van der Waals surface area contributed by atoms with Gasteiger partial charge in [0.2, 0.25) is 5.91 Å². The molecule has 130 valence electrons. The highest BCUT2D eigenvalue weighted by molar-refractivity contribution is 5.76. The van der Waals surface area contributed by atoms with E-state index in [-0.39, 0.29) is 31.0 Å². The summed E-state index contributed by atoms with van der Waals surface area (Å²) in [5, 5.41) is 12.3. The van der Waals surface area contributed by atoms with Gasteiger partial charge in [-0.15, -0.1) is 0 Å². The van der Waals surface area contributed by atoms with Crippen molar-refractivity contribution >= 4 is 5.91 Å². The molecule has 0 fully saturated rings. The van der Waals surface area contributed by atoms with Crippen LogP contribution in [0, 0.1) is 5.92 Å². The third kappa shape index (κ3) is 7.00. The van der Waals surface area contributed by atoms with Crippen molar-refractivity contribution in [2.24, 2.45) is 5.92 Å². The van der Waals surface area contributed by atoms with Crippen LogP contribution >= 0.6 is 0 Å². The molecule has 1 aromatic carbocycles. The molecular weight excluding hydrogens is 311 g/mol. The van der Waals surface area contributed by atoms with Gasteiger partial charge in [0.1, 0.15) is 0 Å². The molecular formula is C16H22F3NO3. The Kier molecular flexibility index (Phi) is 7.51. The molecule has 0 heterocycles. The average Bonchev–Trinajstić information content (AvgIpc) is 2.48. The van der Waals surface area contributed by atoms with Gasteiger partial charge < -0.3 is 15.2 Å². The molecule has 23 heavy (non-hydrogen) atoms. The number of hydrogen-bond donors (Lipinski definition) is 2. The topological polar surface area (TPSA) is 58.6 Å². The zero-order chi connectivity index (χ0) is 17.5. The maximum absolute atomic E-state index is 12.9. The SMILES string of the molecule is CC(C)COCCC(=O)NCC(O)c1ccccc1C(F)(F)F. The molecule has 0 bridgehead atoms. The Morgan fingerprint density at radius 2 is 1.96 bits per heavy atom.